The van der Waals surface area contributed by atoms with Crippen molar-refractivity contribution in [2.24, 2.45) is 16.8 Å². The minimum absolute atomic E-state index is 0.208. The lowest BCUT2D eigenvalue weighted by molar-refractivity contribution is -0.302. The maximum Gasteiger partial charge on any atom is 0.353 e. The third kappa shape index (κ3) is 7.63. The first kappa shape index (κ1) is 32.6. The highest BCUT2D eigenvalue weighted by atomic mass is 16.7. The van der Waals surface area contributed by atoms with Crippen LogP contribution in [0.5, 0.6) is 0 Å². The number of allylic oxidation sites excluding steroid dienone is 2. The number of hydrogen-bond acceptors (Lipinski definition) is 11. The van der Waals surface area contributed by atoms with Gasteiger partial charge in [-0.15, -0.1) is 0 Å². The molecule has 250 valence electrons. The van der Waals surface area contributed by atoms with Crippen LogP contribution < -0.4 is 5.32 Å². The van der Waals surface area contributed by atoms with Gasteiger partial charge >= 0.3 is 17.9 Å². The van der Waals surface area contributed by atoms with Crippen LogP contribution in [0.4, 0.5) is 0 Å². The first-order valence-electron chi connectivity index (χ1n) is 17.4. The zero-order chi connectivity index (χ0) is 31.3. The van der Waals surface area contributed by atoms with Crippen molar-refractivity contribution in [3.8, 4) is 0 Å². The van der Waals surface area contributed by atoms with E-state index in [0.29, 0.717) is 36.8 Å². The van der Waals surface area contributed by atoms with E-state index >= 15 is 0 Å². The third-order valence-corrected chi connectivity index (χ3v) is 10.8. The van der Waals surface area contributed by atoms with E-state index in [1.165, 1.54) is 31.9 Å². The molecule has 11 nitrogen and oxygen atoms in total. The van der Waals surface area contributed by atoms with Gasteiger partial charge in [0.25, 0.3) is 0 Å². The van der Waals surface area contributed by atoms with Crippen LogP contribution in [0, 0.1) is 11.8 Å². The number of carbonyl (C=O) groups excluding carboxylic acids is 3. The Balaban J connectivity index is 1.20. The number of aliphatic hydroxyl groups is 1. The Labute approximate surface area is 265 Å². The number of hydrogen-bond donors (Lipinski definition) is 2. The standard InChI is InChI=1S/C34H50N2O9/c1-41-34-31(45-33(40)26-18-22-12-6-8-14-24(22)36-26)30(44-32(39)25-17-21-11-5-7-13-23(21)35-25)29(27(19-37)42-34)43-28(38)16-15-20-9-3-2-4-10-20/h20-21,23,25,27,29-31,34-35,37H,2-19H2,1H3/t21?,23?,25?,27-,29-,30+,31-,34+/m1/s1. The van der Waals surface area contributed by atoms with Gasteiger partial charge in [-0.2, -0.15) is 0 Å². The number of carbonyl (C=O) groups is 3. The molecule has 2 N–H and O–H groups in total. The van der Waals surface area contributed by atoms with Crippen LogP contribution in [0.3, 0.4) is 0 Å². The monoisotopic (exact) mass is 630 g/mol. The molecule has 11 heteroatoms. The highest BCUT2D eigenvalue weighted by Gasteiger charge is 2.54. The molecule has 0 aromatic carbocycles. The fourth-order valence-corrected chi connectivity index (χ4v) is 8.34. The van der Waals surface area contributed by atoms with Crippen molar-refractivity contribution in [3.05, 3.63) is 11.3 Å². The van der Waals surface area contributed by atoms with Crippen molar-refractivity contribution in [1.29, 1.82) is 0 Å². The molecule has 0 radical (unpaired) electrons. The number of esters is 3. The first-order valence-corrected chi connectivity index (χ1v) is 17.4. The minimum Gasteiger partial charge on any atom is -0.455 e. The van der Waals surface area contributed by atoms with Crippen molar-refractivity contribution in [3.63, 3.8) is 0 Å². The average molecular weight is 631 g/mol. The van der Waals surface area contributed by atoms with Gasteiger partial charge in [0.15, 0.2) is 24.6 Å². The molecule has 0 aromatic rings. The van der Waals surface area contributed by atoms with Crippen molar-refractivity contribution in [2.45, 2.75) is 152 Å². The van der Waals surface area contributed by atoms with Gasteiger partial charge in [0.1, 0.15) is 17.9 Å². The van der Waals surface area contributed by atoms with Crippen LogP contribution in [0.25, 0.3) is 0 Å². The van der Waals surface area contributed by atoms with Gasteiger partial charge in [0, 0.05) is 31.7 Å². The summed E-state index contributed by atoms with van der Waals surface area (Å²) in [4.78, 5) is 45.1. The highest BCUT2D eigenvalue weighted by Crippen LogP contribution is 2.37. The minimum atomic E-state index is -1.25. The zero-order valence-corrected chi connectivity index (χ0v) is 26.6. The highest BCUT2D eigenvalue weighted by molar-refractivity contribution is 6.38. The summed E-state index contributed by atoms with van der Waals surface area (Å²) >= 11 is 0. The molecule has 3 unspecified atom stereocenters. The van der Waals surface area contributed by atoms with Crippen LogP contribution in [-0.4, -0.2) is 85.2 Å². The van der Waals surface area contributed by atoms with E-state index in [2.05, 4.69) is 10.3 Å². The predicted octanol–water partition coefficient (Wildman–Crippen LogP) is 4.04. The van der Waals surface area contributed by atoms with E-state index in [4.69, 9.17) is 23.7 Å². The Morgan fingerprint density at radius 3 is 2.44 bits per heavy atom. The molecule has 2 saturated carbocycles. The van der Waals surface area contributed by atoms with Gasteiger partial charge in [-0.05, 0) is 68.8 Å². The van der Waals surface area contributed by atoms with Gasteiger partial charge in [-0.25, -0.2) is 9.79 Å². The summed E-state index contributed by atoms with van der Waals surface area (Å²) in [6.07, 6.45) is 10.1. The predicted molar refractivity (Wildman–Crippen MR) is 163 cm³/mol. The number of nitrogens with one attached hydrogen (secondary N) is 1. The summed E-state index contributed by atoms with van der Waals surface area (Å²) in [5.41, 5.74) is 2.42. The maximum atomic E-state index is 13.7. The SMILES string of the molecule is CO[C@H]1O[C@H](CO)[C@@H](OC(=O)CCC2CCCCC2)[C@H](OC(=O)C2CC3CCCCC3N2)[C@H]1OC(=O)C1=NC2=C(CCCC2)C1. The lowest BCUT2D eigenvalue weighted by atomic mass is 9.85. The summed E-state index contributed by atoms with van der Waals surface area (Å²) in [5.74, 6) is -0.717. The first-order chi connectivity index (χ1) is 21.9. The Kier molecular flexibility index (Phi) is 10.9. The number of rotatable bonds is 10. The summed E-state index contributed by atoms with van der Waals surface area (Å²) in [7, 11) is 1.39. The number of ether oxygens (including phenoxy) is 5. The second-order valence-electron chi connectivity index (χ2n) is 13.8. The summed E-state index contributed by atoms with van der Waals surface area (Å²) in [6.45, 7) is -0.510. The molecule has 6 aliphatic rings. The lowest BCUT2D eigenvalue weighted by Crippen LogP contribution is -2.63. The number of fused-ring (bicyclic) bond motifs is 1. The fraction of sp³-hybridized carbons (Fsp3) is 0.824. The molecule has 0 aromatic heterocycles. The topological polar surface area (TPSA) is 142 Å². The van der Waals surface area contributed by atoms with Crippen molar-refractivity contribution in [1.82, 2.24) is 5.32 Å². The van der Waals surface area contributed by atoms with E-state index in [0.717, 1.165) is 69.9 Å². The molecule has 3 heterocycles. The Morgan fingerprint density at radius 1 is 0.911 bits per heavy atom. The van der Waals surface area contributed by atoms with Crippen molar-refractivity contribution < 1.29 is 43.2 Å². The maximum absolute atomic E-state index is 13.7. The zero-order valence-electron chi connectivity index (χ0n) is 26.6. The molecule has 6 rings (SSSR count). The molecule has 2 saturated heterocycles. The Hall–Kier alpha value is -2.34. The molecular formula is C34H50N2O9. The van der Waals surface area contributed by atoms with Crippen molar-refractivity contribution >= 4 is 23.6 Å². The summed E-state index contributed by atoms with van der Waals surface area (Å²) in [5, 5.41) is 13.8. The summed E-state index contributed by atoms with van der Waals surface area (Å²) in [6, 6.07) is -0.257. The smallest absolute Gasteiger partial charge is 0.353 e. The molecule has 0 amide bonds. The third-order valence-electron chi connectivity index (χ3n) is 10.8. The molecule has 4 fully saturated rings. The second kappa shape index (κ2) is 15.0. The molecule has 3 aliphatic carbocycles. The van der Waals surface area contributed by atoms with E-state index in [9.17, 15) is 19.5 Å². The van der Waals surface area contributed by atoms with E-state index in [1.54, 1.807) is 0 Å². The molecule has 8 atom stereocenters. The number of nitrogens with zero attached hydrogens (tertiary/aromatic N) is 1. The molecular weight excluding hydrogens is 580 g/mol. The fourth-order valence-electron chi connectivity index (χ4n) is 8.34. The molecule has 45 heavy (non-hydrogen) atoms. The van der Waals surface area contributed by atoms with E-state index < -0.39 is 61.3 Å². The van der Waals surface area contributed by atoms with E-state index in [-0.39, 0.29) is 12.5 Å². The normalized spacial score (nSPS) is 35.3. The Bertz CT molecular complexity index is 1130. The lowest BCUT2D eigenvalue weighted by Gasteiger charge is -2.44. The van der Waals surface area contributed by atoms with Gasteiger partial charge in [-0.3, -0.25) is 9.59 Å². The number of aliphatic imine (C=N–C) groups is 1. The van der Waals surface area contributed by atoms with E-state index in [1.807, 2.05) is 0 Å². The molecule has 3 aliphatic heterocycles. The second-order valence-corrected chi connectivity index (χ2v) is 13.8. The van der Waals surface area contributed by atoms with Crippen LogP contribution in [0.2, 0.25) is 0 Å². The largest absolute Gasteiger partial charge is 0.455 e. The Morgan fingerprint density at radius 2 is 1.69 bits per heavy atom. The van der Waals surface area contributed by atoms with Crippen LogP contribution >= 0.6 is 0 Å². The van der Waals surface area contributed by atoms with Gasteiger partial charge in [-0.1, -0.05) is 44.9 Å². The number of aliphatic hydroxyl groups excluding tert-OH is 1. The van der Waals surface area contributed by atoms with Gasteiger partial charge < -0.3 is 34.1 Å². The van der Waals surface area contributed by atoms with Crippen LogP contribution in [0.15, 0.2) is 16.3 Å². The van der Waals surface area contributed by atoms with Crippen LogP contribution in [-0.2, 0) is 38.1 Å². The average Bonchev–Trinajstić information content (AvgIpc) is 3.71. The molecule has 0 bridgehead atoms. The molecule has 0 spiro atoms. The quantitative estimate of drug-likeness (QED) is 0.268. The number of methoxy groups -OCH3 is 1. The van der Waals surface area contributed by atoms with Gasteiger partial charge in [0.05, 0.1) is 6.61 Å². The van der Waals surface area contributed by atoms with Gasteiger partial charge in [0.2, 0.25) is 0 Å². The summed E-state index contributed by atoms with van der Waals surface area (Å²) < 4.78 is 29.7. The van der Waals surface area contributed by atoms with Crippen molar-refractivity contribution in [2.75, 3.05) is 13.7 Å². The van der Waals surface area contributed by atoms with Crippen LogP contribution in [0.1, 0.15) is 109 Å².